The highest BCUT2D eigenvalue weighted by molar-refractivity contribution is 5.99. The van der Waals surface area contributed by atoms with Crippen LogP contribution in [-0.4, -0.2) is 45.3 Å². The Labute approximate surface area is 164 Å². The molecule has 0 aromatic heterocycles. The summed E-state index contributed by atoms with van der Waals surface area (Å²) in [7, 11) is 1.46. The highest BCUT2D eigenvalue weighted by Gasteiger charge is 2.25. The molecule has 7 nitrogen and oxygen atoms in total. The van der Waals surface area contributed by atoms with Gasteiger partial charge in [-0.1, -0.05) is 17.7 Å². The molecule has 0 spiro atoms. The third-order valence-corrected chi connectivity index (χ3v) is 4.28. The zero-order valence-corrected chi connectivity index (χ0v) is 16.1. The van der Waals surface area contributed by atoms with Gasteiger partial charge >= 0.3 is 0 Å². The van der Waals surface area contributed by atoms with Gasteiger partial charge in [0.25, 0.3) is 5.91 Å². The van der Waals surface area contributed by atoms with Gasteiger partial charge in [0.15, 0.2) is 6.61 Å². The zero-order valence-electron chi connectivity index (χ0n) is 16.1. The van der Waals surface area contributed by atoms with E-state index in [1.54, 1.807) is 23.1 Å². The van der Waals surface area contributed by atoms with E-state index in [1.807, 2.05) is 31.2 Å². The van der Waals surface area contributed by atoms with E-state index in [2.05, 4.69) is 5.32 Å². The van der Waals surface area contributed by atoms with Gasteiger partial charge in [0.2, 0.25) is 5.91 Å². The lowest BCUT2D eigenvalue weighted by atomic mass is 10.2. The van der Waals surface area contributed by atoms with Crippen molar-refractivity contribution in [1.29, 1.82) is 0 Å². The van der Waals surface area contributed by atoms with Gasteiger partial charge in [-0.3, -0.25) is 9.59 Å². The molecule has 0 aliphatic carbocycles. The van der Waals surface area contributed by atoms with Gasteiger partial charge in [-0.05, 0) is 37.6 Å². The van der Waals surface area contributed by atoms with Gasteiger partial charge in [-0.15, -0.1) is 0 Å². The lowest BCUT2D eigenvalue weighted by Gasteiger charge is -2.29. The van der Waals surface area contributed by atoms with Crippen LogP contribution in [-0.2, 0) is 14.3 Å². The number of carbonyl (C=O) groups excluding carboxylic acids is 2. The fraction of sp³-hybridized carbons (Fsp3) is 0.333. The van der Waals surface area contributed by atoms with Crippen molar-refractivity contribution in [3.05, 3.63) is 48.0 Å². The summed E-state index contributed by atoms with van der Waals surface area (Å²) in [5.74, 6) is 1.03. The minimum absolute atomic E-state index is 0.0243. The van der Waals surface area contributed by atoms with E-state index in [0.29, 0.717) is 36.7 Å². The smallest absolute Gasteiger partial charge is 0.265 e. The summed E-state index contributed by atoms with van der Waals surface area (Å²) in [6.45, 7) is 3.01. The molecule has 0 fully saturated rings. The van der Waals surface area contributed by atoms with E-state index in [-0.39, 0.29) is 25.0 Å². The van der Waals surface area contributed by atoms with Crippen LogP contribution >= 0.6 is 0 Å². The number of nitrogens with one attached hydrogen (secondary N) is 1. The molecule has 1 N–H and O–H groups in total. The number of methoxy groups -OCH3 is 1. The molecule has 0 atom stereocenters. The molecule has 1 heterocycles. The SMILES string of the molecule is COCC(=O)Nc1ccc2c(c1)OCC(=O)N2CCCOc1ccc(C)cc1. The topological polar surface area (TPSA) is 77.1 Å². The maximum absolute atomic E-state index is 12.3. The van der Waals surface area contributed by atoms with Crippen LogP contribution in [0.3, 0.4) is 0 Å². The van der Waals surface area contributed by atoms with Gasteiger partial charge in [-0.2, -0.15) is 0 Å². The number of amides is 2. The zero-order chi connectivity index (χ0) is 19.9. The first kappa shape index (κ1) is 19.7. The monoisotopic (exact) mass is 384 g/mol. The molecule has 1 aliphatic heterocycles. The molecule has 2 amide bonds. The van der Waals surface area contributed by atoms with E-state index in [1.165, 1.54) is 12.7 Å². The summed E-state index contributed by atoms with van der Waals surface area (Å²) >= 11 is 0. The molecule has 0 saturated heterocycles. The van der Waals surface area contributed by atoms with E-state index < -0.39 is 0 Å². The van der Waals surface area contributed by atoms with Crippen molar-refractivity contribution < 1.29 is 23.8 Å². The molecule has 7 heteroatoms. The minimum atomic E-state index is -0.251. The first-order valence-corrected chi connectivity index (χ1v) is 9.12. The second kappa shape index (κ2) is 9.23. The van der Waals surface area contributed by atoms with Crippen LogP contribution in [0, 0.1) is 6.92 Å². The summed E-state index contributed by atoms with van der Waals surface area (Å²) < 4.78 is 16.1. The summed E-state index contributed by atoms with van der Waals surface area (Å²) in [5.41, 5.74) is 2.47. The lowest BCUT2D eigenvalue weighted by Crippen LogP contribution is -2.39. The predicted octanol–water partition coefficient (Wildman–Crippen LogP) is 2.77. The Morgan fingerprint density at radius 1 is 1.21 bits per heavy atom. The third kappa shape index (κ3) is 5.01. The van der Waals surface area contributed by atoms with Crippen LogP contribution in [0.2, 0.25) is 0 Å². The van der Waals surface area contributed by atoms with E-state index >= 15 is 0 Å². The van der Waals surface area contributed by atoms with Crippen molar-refractivity contribution in [2.75, 3.05) is 43.7 Å². The van der Waals surface area contributed by atoms with Crippen molar-refractivity contribution in [2.45, 2.75) is 13.3 Å². The van der Waals surface area contributed by atoms with Gasteiger partial charge in [0.1, 0.15) is 18.1 Å². The largest absolute Gasteiger partial charge is 0.494 e. The Morgan fingerprint density at radius 2 is 2.00 bits per heavy atom. The van der Waals surface area contributed by atoms with Crippen molar-refractivity contribution in [3.63, 3.8) is 0 Å². The maximum Gasteiger partial charge on any atom is 0.265 e. The van der Waals surface area contributed by atoms with Gasteiger partial charge in [0.05, 0.1) is 12.3 Å². The van der Waals surface area contributed by atoms with E-state index in [9.17, 15) is 9.59 Å². The number of anilines is 2. The normalized spacial score (nSPS) is 12.9. The Bertz CT molecular complexity index is 835. The number of aryl methyl sites for hydroxylation is 1. The Morgan fingerprint density at radius 3 is 2.75 bits per heavy atom. The minimum Gasteiger partial charge on any atom is -0.494 e. The highest BCUT2D eigenvalue weighted by atomic mass is 16.5. The number of nitrogens with zero attached hydrogens (tertiary/aromatic N) is 1. The number of benzene rings is 2. The Hall–Kier alpha value is -3.06. The van der Waals surface area contributed by atoms with Crippen LogP contribution in [0.25, 0.3) is 0 Å². The van der Waals surface area contributed by atoms with E-state index in [4.69, 9.17) is 14.2 Å². The van der Waals surface area contributed by atoms with Crippen molar-refractivity contribution in [1.82, 2.24) is 0 Å². The molecular weight excluding hydrogens is 360 g/mol. The number of ether oxygens (including phenoxy) is 3. The van der Waals surface area contributed by atoms with Crippen molar-refractivity contribution in [2.24, 2.45) is 0 Å². The maximum atomic E-state index is 12.3. The molecule has 0 unspecified atom stereocenters. The molecule has 0 bridgehead atoms. The average Bonchev–Trinajstić information content (AvgIpc) is 2.68. The number of hydrogen-bond donors (Lipinski definition) is 1. The second-order valence-corrected chi connectivity index (χ2v) is 6.51. The van der Waals surface area contributed by atoms with E-state index in [0.717, 1.165) is 5.75 Å². The van der Waals surface area contributed by atoms with Gasteiger partial charge < -0.3 is 24.4 Å². The number of carbonyl (C=O) groups is 2. The summed E-state index contributed by atoms with van der Waals surface area (Å²) in [5, 5.41) is 2.73. The molecule has 148 valence electrons. The molecule has 0 saturated carbocycles. The average molecular weight is 384 g/mol. The van der Waals surface area contributed by atoms with Gasteiger partial charge in [0, 0.05) is 25.4 Å². The summed E-state index contributed by atoms with van der Waals surface area (Å²) in [4.78, 5) is 25.6. The summed E-state index contributed by atoms with van der Waals surface area (Å²) in [6, 6.07) is 13.1. The Kier molecular flexibility index (Phi) is 6.49. The highest BCUT2D eigenvalue weighted by Crippen LogP contribution is 2.34. The lowest BCUT2D eigenvalue weighted by molar-refractivity contribution is -0.121. The fourth-order valence-corrected chi connectivity index (χ4v) is 2.90. The first-order chi connectivity index (χ1) is 13.6. The van der Waals surface area contributed by atoms with Crippen molar-refractivity contribution >= 4 is 23.2 Å². The standard InChI is InChI=1S/C21H24N2O5/c1-15-4-7-17(8-5-15)27-11-3-10-23-18-9-6-16(22-20(24)13-26-2)12-19(18)28-14-21(23)25/h4-9,12H,3,10-11,13-14H2,1-2H3,(H,22,24). The van der Waals surface area contributed by atoms with Crippen molar-refractivity contribution in [3.8, 4) is 11.5 Å². The fourth-order valence-electron chi connectivity index (χ4n) is 2.90. The van der Waals surface area contributed by atoms with Crippen LogP contribution < -0.4 is 19.7 Å². The molecule has 28 heavy (non-hydrogen) atoms. The number of hydrogen-bond acceptors (Lipinski definition) is 5. The molecule has 3 rings (SSSR count). The number of rotatable bonds is 8. The summed E-state index contributed by atoms with van der Waals surface area (Å²) in [6.07, 6.45) is 0.686. The number of fused-ring (bicyclic) bond motifs is 1. The first-order valence-electron chi connectivity index (χ1n) is 9.12. The predicted molar refractivity (Wildman–Crippen MR) is 106 cm³/mol. The Balaban J connectivity index is 1.58. The molecule has 0 radical (unpaired) electrons. The molecular formula is C21H24N2O5. The third-order valence-electron chi connectivity index (χ3n) is 4.28. The van der Waals surface area contributed by atoms with Crippen LogP contribution in [0.15, 0.2) is 42.5 Å². The molecule has 2 aromatic rings. The van der Waals surface area contributed by atoms with Crippen LogP contribution in [0.1, 0.15) is 12.0 Å². The van der Waals surface area contributed by atoms with Crippen LogP contribution in [0.5, 0.6) is 11.5 Å². The second-order valence-electron chi connectivity index (χ2n) is 6.51. The molecule has 1 aliphatic rings. The molecule has 2 aromatic carbocycles. The quantitative estimate of drug-likeness (QED) is 0.708. The van der Waals surface area contributed by atoms with Gasteiger partial charge in [-0.25, -0.2) is 0 Å². The van der Waals surface area contributed by atoms with Crippen LogP contribution in [0.4, 0.5) is 11.4 Å².